The van der Waals surface area contributed by atoms with Crippen LogP contribution in [0.3, 0.4) is 0 Å². The highest BCUT2D eigenvalue weighted by molar-refractivity contribution is 4.96. The lowest BCUT2D eigenvalue weighted by Gasteiger charge is -2.45. The molecule has 1 rings (SSSR count). The Morgan fingerprint density at radius 3 is 2.38 bits per heavy atom. The maximum Gasteiger partial charge on any atom is 0.0177 e. The molecule has 0 aliphatic carbocycles. The fourth-order valence-electron chi connectivity index (χ4n) is 1.03. The molecule has 1 aliphatic rings. The number of hydrogen-bond donors (Lipinski definition) is 2. The molecule has 48 valence electrons. The quantitative estimate of drug-likeness (QED) is 0.501. The van der Waals surface area contributed by atoms with E-state index in [4.69, 9.17) is 5.73 Å². The summed E-state index contributed by atoms with van der Waals surface area (Å²) in [5, 5.41) is 3.31. The van der Waals surface area contributed by atoms with Crippen LogP contribution in [0.25, 0.3) is 0 Å². The highest BCUT2D eigenvalue weighted by atomic mass is 15.1. The molecule has 0 aromatic rings. The van der Waals surface area contributed by atoms with E-state index in [2.05, 4.69) is 19.2 Å². The minimum absolute atomic E-state index is 0.314. The summed E-state index contributed by atoms with van der Waals surface area (Å²) in [6.45, 7) is 6.30. The number of rotatable bonds is 1. The van der Waals surface area contributed by atoms with Crippen molar-refractivity contribution in [2.24, 2.45) is 11.7 Å². The lowest BCUT2D eigenvalue weighted by molar-refractivity contribution is 0.147. The molecule has 1 aliphatic heterocycles. The molecule has 0 bridgehead atoms. The fourth-order valence-corrected chi connectivity index (χ4v) is 1.03. The highest BCUT2D eigenvalue weighted by Crippen LogP contribution is 2.22. The maximum atomic E-state index is 5.47. The van der Waals surface area contributed by atoms with E-state index in [0.29, 0.717) is 11.5 Å². The van der Waals surface area contributed by atoms with Crippen molar-refractivity contribution in [3.05, 3.63) is 0 Å². The van der Waals surface area contributed by atoms with Crippen molar-refractivity contribution >= 4 is 0 Å². The Bertz CT molecular complexity index is 86.5. The molecular formula is C6H14N2. The Kier molecular flexibility index (Phi) is 1.29. The molecule has 0 saturated carbocycles. The SMILES string of the molecule is CC1(C)NCC1CN. The molecule has 0 radical (unpaired) electrons. The van der Waals surface area contributed by atoms with E-state index in [9.17, 15) is 0 Å². The Hall–Kier alpha value is -0.0800. The van der Waals surface area contributed by atoms with E-state index >= 15 is 0 Å². The summed E-state index contributed by atoms with van der Waals surface area (Å²) < 4.78 is 0. The van der Waals surface area contributed by atoms with Crippen molar-refractivity contribution in [2.75, 3.05) is 13.1 Å². The molecule has 0 aromatic heterocycles. The van der Waals surface area contributed by atoms with Crippen LogP contribution in [0.1, 0.15) is 13.8 Å². The predicted molar refractivity (Wildman–Crippen MR) is 34.6 cm³/mol. The molecule has 8 heavy (non-hydrogen) atoms. The molecule has 0 amide bonds. The third kappa shape index (κ3) is 0.740. The van der Waals surface area contributed by atoms with Crippen molar-refractivity contribution in [2.45, 2.75) is 19.4 Å². The van der Waals surface area contributed by atoms with Crippen molar-refractivity contribution in [1.29, 1.82) is 0 Å². The van der Waals surface area contributed by atoms with Gasteiger partial charge in [-0.05, 0) is 20.4 Å². The van der Waals surface area contributed by atoms with Crippen LogP contribution in [0.4, 0.5) is 0 Å². The molecule has 1 atom stereocenters. The molecular weight excluding hydrogens is 100 g/mol. The summed E-state index contributed by atoms with van der Waals surface area (Å²) in [5.74, 6) is 0.697. The molecule has 1 unspecified atom stereocenters. The third-order valence-electron chi connectivity index (χ3n) is 2.11. The van der Waals surface area contributed by atoms with Gasteiger partial charge in [-0.15, -0.1) is 0 Å². The zero-order valence-electron chi connectivity index (χ0n) is 5.57. The van der Waals surface area contributed by atoms with Gasteiger partial charge in [0, 0.05) is 18.0 Å². The van der Waals surface area contributed by atoms with Gasteiger partial charge >= 0.3 is 0 Å². The molecule has 2 nitrogen and oxygen atoms in total. The van der Waals surface area contributed by atoms with Crippen LogP contribution < -0.4 is 11.1 Å². The Morgan fingerprint density at radius 1 is 1.75 bits per heavy atom. The average Bonchev–Trinajstić information content (AvgIpc) is 1.66. The van der Waals surface area contributed by atoms with Gasteiger partial charge in [-0.3, -0.25) is 0 Å². The first-order valence-electron chi connectivity index (χ1n) is 3.12. The zero-order chi connectivity index (χ0) is 6.20. The second-order valence-electron chi connectivity index (χ2n) is 3.04. The summed E-state index contributed by atoms with van der Waals surface area (Å²) in [6, 6.07) is 0. The van der Waals surface area contributed by atoms with Gasteiger partial charge in [0.25, 0.3) is 0 Å². The molecule has 3 N–H and O–H groups in total. The smallest absolute Gasteiger partial charge is 0.0177 e. The highest BCUT2D eigenvalue weighted by Gasteiger charge is 2.36. The topological polar surface area (TPSA) is 38.0 Å². The average molecular weight is 114 g/mol. The van der Waals surface area contributed by atoms with Gasteiger partial charge in [0.15, 0.2) is 0 Å². The van der Waals surface area contributed by atoms with E-state index < -0.39 is 0 Å². The molecule has 0 spiro atoms. The molecule has 1 fully saturated rings. The van der Waals surface area contributed by atoms with Gasteiger partial charge in [-0.25, -0.2) is 0 Å². The van der Waals surface area contributed by atoms with E-state index in [1.807, 2.05) is 0 Å². The van der Waals surface area contributed by atoms with Crippen LogP contribution in [0.2, 0.25) is 0 Å². The van der Waals surface area contributed by atoms with Crippen molar-refractivity contribution < 1.29 is 0 Å². The predicted octanol–water partition coefficient (Wildman–Crippen LogP) is -0.0569. The summed E-state index contributed by atoms with van der Waals surface area (Å²) in [6.07, 6.45) is 0. The van der Waals surface area contributed by atoms with E-state index in [1.165, 1.54) is 0 Å². The van der Waals surface area contributed by atoms with Crippen LogP contribution in [-0.4, -0.2) is 18.6 Å². The summed E-state index contributed by atoms with van der Waals surface area (Å²) in [7, 11) is 0. The normalized spacial score (nSPS) is 34.1. The molecule has 0 aromatic carbocycles. The van der Waals surface area contributed by atoms with E-state index in [-0.39, 0.29) is 0 Å². The summed E-state index contributed by atoms with van der Waals surface area (Å²) >= 11 is 0. The first-order valence-corrected chi connectivity index (χ1v) is 3.12. The van der Waals surface area contributed by atoms with Gasteiger partial charge in [0.05, 0.1) is 0 Å². The van der Waals surface area contributed by atoms with Crippen molar-refractivity contribution in [3.63, 3.8) is 0 Å². The summed E-state index contributed by atoms with van der Waals surface area (Å²) in [5.41, 5.74) is 5.78. The minimum atomic E-state index is 0.314. The third-order valence-corrected chi connectivity index (χ3v) is 2.11. The maximum absolute atomic E-state index is 5.47. The first-order chi connectivity index (χ1) is 3.67. The van der Waals surface area contributed by atoms with Gasteiger partial charge in [0.2, 0.25) is 0 Å². The zero-order valence-corrected chi connectivity index (χ0v) is 5.57. The van der Waals surface area contributed by atoms with Crippen molar-refractivity contribution in [3.8, 4) is 0 Å². The Morgan fingerprint density at radius 2 is 2.38 bits per heavy atom. The first kappa shape index (κ1) is 6.05. The second kappa shape index (κ2) is 1.71. The van der Waals surface area contributed by atoms with Crippen LogP contribution in [-0.2, 0) is 0 Å². The second-order valence-corrected chi connectivity index (χ2v) is 3.04. The van der Waals surface area contributed by atoms with Crippen LogP contribution in [0.15, 0.2) is 0 Å². The molecule has 1 heterocycles. The molecule has 2 heteroatoms. The Balaban J connectivity index is 2.37. The van der Waals surface area contributed by atoms with Gasteiger partial charge in [-0.1, -0.05) is 0 Å². The number of nitrogens with two attached hydrogens (primary N) is 1. The Labute approximate surface area is 50.4 Å². The summed E-state index contributed by atoms with van der Waals surface area (Å²) in [4.78, 5) is 0. The largest absolute Gasteiger partial charge is 0.330 e. The van der Waals surface area contributed by atoms with Gasteiger partial charge in [0.1, 0.15) is 0 Å². The number of nitrogens with one attached hydrogen (secondary N) is 1. The van der Waals surface area contributed by atoms with Gasteiger partial charge in [-0.2, -0.15) is 0 Å². The van der Waals surface area contributed by atoms with E-state index in [1.54, 1.807) is 0 Å². The van der Waals surface area contributed by atoms with E-state index in [0.717, 1.165) is 13.1 Å². The van der Waals surface area contributed by atoms with Crippen molar-refractivity contribution in [1.82, 2.24) is 5.32 Å². The standard InChI is InChI=1S/C6H14N2/c1-6(2)5(3-7)4-8-6/h5,8H,3-4,7H2,1-2H3. The van der Waals surface area contributed by atoms with Crippen LogP contribution in [0, 0.1) is 5.92 Å². The fraction of sp³-hybridized carbons (Fsp3) is 1.00. The minimum Gasteiger partial charge on any atom is -0.330 e. The lowest BCUT2D eigenvalue weighted by atomic mass is 9.80. The lowest BCUT2D eigenvalue weighted by Crippen LogP contribution is -2.63. The van der Waals surface area contributed by atoms with Crippen LogP contribution >= 0.6 is 0 Å². The van der Waals surface area contributed by atoms with Gasteiger partial charge < -0.3 is 11.1 Å². The van der Waals surface area contributed by atoms with Crippen LogP contribution in [0.5, 0.6) is 0 Å². The monoisotopic (exact) mass is 114 g/mol. The molecule has 1 saturated heterocycles. The number of hydrogen-bond acceptors (Lipinski definition) is 2.